The SMILES string of the molecule is CN(c1nc(Cl)ncc1N)C1CCCCC1O. The molecular formula is C11H17ClN4O. The van der Waals surface area contributed by atoms with Gasteiger partial charge in [-0.25, -0.2) is 4.98 Å². The number of anilines is 2. The van der Waals surface area contributed by atoms with Crippen molar-refractivity contribution in [1.82, 2.24) is 9.97 Å². The molecule has 17 heavy (non-hydrogen) atoms. The van der Waals surface area contributed by atoms with E-state index in [0.717, 1.165) is 25.7 Å². The molecule has 1 aliphatic rings. The van der Waals surface area contributed by atoms with Crippen molar-refractivity contribution in [3.8, 4) is 0 Å². The van der Waals surface area contributed by atoms with E-state index in [4.69, 9.17) is 17.3 Å². The molecule has 0 aromatic carbocycles. The Morgan fingerprint density at radius 3 is 2.88 bits per heavy atom. The number of likely N-dealkylation sites (N-methyl/N-ethyl adjacent to an activating group) is 1. The largest absolute Gasteiger partial charge is 0.394 e. The van der Waals surface area contributed by atoms with E-state index in [1.54, 1.807) is 0 Å². The molecule has 1 aromatic heterocycles. The predicted molar refractivity (Wildman–Crippen MR) is 68.1 cm³/mol. The summed E-state index contributed by atoms with van der Waals surface area (Å²) in [6.07, 6.45) is 5.13. The van der Waals surface area contributed by atoms with Crippen LogP contribution in [0.5, 0.6) is 0 Å². The number of hydrogen-bond donors (Lipinski definition) is 2. The molecule has 2 atom stereocenters. The highest BCUT2D eigenvalue weighted by Crippen LogP contribution is 2.28. The van der Waals surface area contributed by atoms with Gasteiger partial charge in [-0.3, -0.25) is 0 Å². The predicted octanol–water partition coefficient (Wildman–Crippen LogP) is 1.45. The van der Waals surface area contributed by atoms with E-state index in [-0.39, 0.29) is 17.4 Å². The molecule has 1 aromatic rings. The van der Waals surface area contributed by atoms with Crippen molar-refractivity contribution >= 4 is 23.1 Å². The first-order valence-electron chi connectivity index (χ1n) is 5.78. The maximum atomic E-state index is 10.0. The van der Waals surface area contributed by atoms with Crippen molar-refractivity contribution in [3.05, 3.63) is 11.5 Å². The van der Waals surface area contributed by atoms with Gasteiger partial charge in [0.25, 0.3) is 0 Å². The minimum absolute atomic E-state index is 0.0528. The van der Waals surface area contributed by atoms with Crippen molar-refractivity contribution in [2.45, 2.75) is 37.8 Å². The first-order valence-corrected chi connectivity index (χ1v) is 6.16. The molecule has 2 unspecified atom stereocenters. The summed E-state index contributed by atoms with van der Waals surface area (Å²) < 4.78 is 0. The van der Waals surface area contributed by atoms with E-state index in [1.807, 2.05) is 11.9 Å². The number of aliphatic hydroxyl groups excluding tert-OH is 1. The Balaban J connectivity index is 2.23. The minimum atomic E-state index is -0.332. The van der Waals surface area contributed by atoms with Crippen LogP contribution in [0.4, 0.5) is 11.5 Å². The third kappa shape index (κ3) is 2.61. The number of rotatable bonds is 2. The maximum Gasteiger partial charge on any atom is 0.224 e. The zero-order valence-corrected chi connectivity index (χ0v) is 10.6. The van der Waals surface area contributed by atoms with Crippen LogP contribution in [0.25, 0.3) is 0 Å². The van der Waals surface area contributed by atoms with Crippen LogP contribution < -0.4 is 10.6 Å². The summed E-state index contributed by atoms with van der Waals surface area (Å²) in [5, 5.41) is 10.2. The molecule has 0 amide bonds. The molecule has 0 saturated heterocycles. The summed E-state index contributed by atoms with van der Waals surface area (Å²) in [7, 11) is 1.88. The van der Waals surface area contributed by atoms with Gasteiger partial charge in [-0.15, -0.1) is 0 Å². The fourth-order valence-electron chi connectivity index (χ4n) is 2.34. The van der Waals surface area contributed by atoms with Crippen LogP contribution in [-0.2, 0) is 0 Å². The van der Waals surface area contributed by atoms with E-state index in [1.165, 1.54) is 6.20 Å². The lowest BCUT2D eigenvalue weighted by Gasteiger charge is -2.36. The van der Waals surface area contributed by atoms with Gasteiger partial charge in [-0.2, -0.15) is 4.98 Å². The molecular weight excluding hydrogens is 240 g/mol. The van der Waals surface area contributed by atoms with Crippen LogP contribution in [0, 0.1) is 0 Å². The summed E-state index contributed by atoms with van der Waals surface area (Å²) in [5.74, 6) is 0.593. The molecule has 1 heterocycles. The average Bonchev–Trinajstić information content (AvgIpc) is 2.32. The molecule has 0 bridgehead atoms. The Morgan fingerprint density at radius 1 is 1.47 bits per heavy atom. The summed E-state index contributed by atoms with van der Waals surface area (Å²) in [6.45, 7) is 0. The molecule has 94 valence electrons. The lowest BCUT2D eigenvalue weighted by Crippen LogP contribution is -2.44. The molecule has 2 rings (SSSR count). The monoisotopic (exact) mass is 256 g/mol. The van der Waals surface area contributed by atoms with E-state index >= 15 is 0 Å². The summed E-state index contributed by atoms with van der Waals surface area (Å²) in [4.78, 5) is 9.86. The highest BCUT2D eigenvalue weighted by atomic mass is 35.5. The number of aliphatic hydroxyl groups is 1. The summed E-state index contributed by atoms with van der Waals surface area (Å²) >= 11 is 5.77. The number of aromatic nitrogens is 2. The second-order valence-electron chi connectivity index (χ2n) is 4.45. The van der Waals surface area contributed by atoms with Gasteiger partial charge >= 0.3 is 0 Å². The third-order valence-corrected chi connectivity index (χ3v) is 3.47. The summed E-state index contributed by atoms with van der Waals surface area (Å²) in [6, 6.07) is 0.0528. The molecule has 5 nitrogen and oxygen atoms in total. The quantitative estimate of drug-likeness (QED) is 0.784. The van der Waals surface area contributed by atoms with Gasteiger partial charge in [-0.05, 0) is 24.4 Å². The first-order chi connectivity index (χ1) is 8.09. The van der Waals surface area contributed by atoms with E-state index in [0.29, 0.717) is 11.5 Å². The standard InChI is InChI=1S/C11H17ClN4O/c1-16(8-4-2-3-5-9(8)17)10-7(13)6-14-11(12)15-10/h6,8-9,17H,2-5,13H2,1H3. The van der Waals surface area contributed by atoms with Gasteiger partial charge in [0, 0.05) is 7.05 Å². The fourth-order valence-corrected chi connectivity index (χ4v) is 2.47. The van der Waals surface area contributed by atoms with Crippen LogP contribution in [-0.4, -0.2) is 34.3 Å². The number of nitrogen functional groups attached to an aromatic ring is 1. The fraction of sp³-hybridized carbons (Fsp3) is 0.636. The lowest BCUT2D eigenvalue weighted by molar-refractivity contribution is 0.106. The second kappa shape index (κ2) is 5.06. The third-order valence-electron chi connectivity index (χ3n) is 3.29. The molecule has 1 saturated carbocycles. The topological polar surface area (TPSA) is 75.3 Å². The number of halogens is 1. The zero-order chi connectivity index (χ0) is 12.4. The van der Waals surface area contributed by atoms with Crippen molar-refractivity contribution in [3.63, 3.8) is 0 Å². The maximum absolute atomic E-state index is 10.0. The van der Waals surface area contributed by atoms with Crippen LogP contribution in [0.1, 0.15) is 25.7 Å². The highest BCUT2D eigenvalue weighted by Gasteiger charge is 2.28. The minimum Gasteiger partial charge on any atom is -0.394 e. The Hall–Kier alpha value is -1.07. The van der Waals surface area contributed by atoms with Gasteiger partial charge in [0.2, 0.25) is 5.28 Å². The molecule has 0 aliphatic heterocycles. The van der Waals surface area contributed by atoms with E-state index in [9.17, 15) is 5.11 Å². The first kappa shape index (κ1) is 12.4. The van der Waals surface area contributed by atoms with E-state index < -0.39 is 0 Å². The number of nitrogens with two attached hydrogens (primary N) is 1. The van der Waals surface area contributed by atoms with Gasteiger partial charge in [0.15, 0.2) is 5.82 Å². The van der Waals surface area contributed by atoms with Gasteiger partial charge in [-0.1, -0.05) is 12.8 Å². The Bertz CT molecular complexity index is 401. The van der Waals surface area contributed by atoms with Crippen molar-refractivity contribution in [2.24, 2.45) is 0 Å². The van der Waals surface area contributed by atoms with Crippen molar-refractivity contribution < 1.29 is 5.11 Å². The highest BCUT2D eigenvalue weighted by molar-refractivity contribution is 6.28. The smallest absolute Gasteiger partial charge is 0.224 e. The van der Waals surface area contributed by atoms with Crippen LogP contribution >= 0.6 is 11.6 Å². The van der Waals surface area contributed by atoms with Crippen LogP contribution in [0.15, 0.2) is 6.20 Å². The Morgan fingerprint density at radius 2 is 2.18 bits per heavy atom. The van der Waals surface area contributed by atoms with Gasteiger partial charge in [0.05, 0.1) is 24.0 Å². The zero-order valence-electron chi connectivity index (χ0n) is 9.80. The van der Waals surface area contributed by atoms with Gasteiger partial charge < -0.3 is 15.7 Å². The van der Waals surface area contributed by atoms with Gasteiger partial charge in [0.1, 0.15) is 0 Å². The van der Waals surface area contributed by atoms with E-state index in [2.05, 4.69) is 9.97 Å². The molecule has 0 radical (unpaired) electrons. The Labute approximate surface area is 106 Å². The second-order valence-corrected chi connectivity index (χ2v) is 4.79. The Kier molecular flexibility index (Phi) is 3.69. The normalized spacial score (nSPS) is 24.6. The molecule has 1 fully saturated rings. The molecule has 3 N–H and O–H groups in total. The van der Waals surface area contributed by atoms with Crippen LogP contribution in [0.3, 0.4) is 0 Å². The lowest BCUT2D eigenvalue weighted by atomic mass is 9.91. The van der Waals surface area contributed by atoms with Crippen molar-refractivity contribution in [1.29, 1.82) is 0 Å². The number of nitrogens with zero attached hydrogens (tertiary/aromatic N) is 3. The molecule has 0 spiro atoms. The molecule has 6 heteroatoms. The molecule has 1 aliphatic carbocycles. The average molecular weight is 257 g/mol. The summed E-state index contributed by atoms with van der Waals surface area (Å²) in [5.41, 5.74) is 6.32. The van der Waals surface area contributed by atoms with Crippen LogP contribution in [0.2, 0.25) is 5.28 Å². The number of hydrogen-bond acceptors (Lipinski definition) is 5. The van der Waals surface area contributed by atoms with Crippen molar-refractivity contribution in [2.75, 3.05) is 17.7 Å².